The summed E-state index contributed by atoms with van der Waals surface area (Å²) in [5.74, 6) is -0.899. The summed E-state index contributed by atoms with van der Waals surface area (Å²) in [6.07, 6.45) is 5.88. The molecule has 2 heterocycles. The third kappa shape index (κ3) is 5.41. The predicted molar refractivity (Wildman–Crippen MR) is 123 cm³/mol. The number of methoxy groups -OCH3 is 1. The minimum absolute atomic E-state index is 0.0299. The van der Waals surface area contributed by atoms with Gasteiger partial charge < -0.3 is 14.4 Å². The van der Waals surface area contributed by atoms with Gasteiger partial charge in [0.15, 0.2) is 9.84 Å². The number of nitrogens with zero attached hydrogens (tertiary/aromatic N) is 2. The first-order valence-corrected chi connectivity index (χ1v) is 13.5. The lowest BCUT2D eigenvalue weighted by atomic mass is 9.89. The Balaban J connectivity index is 1.60. The summed E-state index contributed by atoms with van der Waals surface area (Å²) in [7, 11) is -2.47. The molecule has 33 heavy (non-hydrogen) atoms. The van der Waals surface area contributed by atoms with Gasteiger partial charge in [-0.3, -0.25) is 9.69 Å². The molecule has 9 heteroatoms. The smallest absolute Gasteiger partial charge is 0.337 e. The topological polar surface area (TPSA) is 93.2 Å². The summed E-state index contributed by atoms with van der Waals surface area (Å²) in [5, 5.41) is -0.698. The lowest BCUT2D eigenvalue weighted by Gasteiger charge is -2.43. The lowest BCUT2D eigenvalue weighted by molar-refractivity contribution is -0.141. The van der Waals surface area contributed by atoms with Gasteiger partial charge in [0.25, 0.3) is 0 Å². The predicted octanol–water partition coefficient (Wildman–Crippen LogP) is 2.13. The molecule has 1 aromatic rings. The summed E-state index contributed by atoms with van der Waals surface area (Å²) in [6, 6.07) is 6.35. The fraction of sp³-hybridized carbons (Fsp3) is 0.667. The number of esters is 1. The van der Waals surface area contributed by atoms with Crippen LogP contribution in [0.25, 0.3) is 0 Å². The fourth-order valence-electron chi connectivity index (χ4n) is 5.39. The number of hydrogen-bond donors (Lipinski definition) is 0. The first kappa shape index (κ1) is 24.2. The molecule has 2 aliphatic heterocycles. The van der Waals surface area contributed by atoms with E-state index < -0.39 is 21.1 Å². The van der Waals surface area contributed by atoms with Crippen LogP contribution in [-0.4, -0.2) is 87.9 Å². The highest BCUT2D eigenvalue weighted by Crippen LogP contribution is 2.33. The largest absolute Gasteiger partial charge is 0.465 e. The molecule has 0 radical (unpaired) electrons. The third-order valence-corrected chi connectivity index (χ3v) is 9.36. The van der Waals surface area contributed by atoms with Crippen LogP contribution in [0.4, 0.5) is 0 Å². The summed E-state index contributed by atoms with van der Waals surface area (Å²) in [6.45, 7) is 3.17. The van der Waals surface area contributed by atoms with Crippen LogP contribution in [0.5, 0.6) is 0 Å². The Morgan fingerprint density at radius 1 is 1.06 bits per heavy atom. The molecule has 2 atom stereocenters. The average Bonchev–Trinajstić information content (AvgIpc) is 2.88. The molecule has 0 bridgehead atoms. The molecule has 1 amide bonds. The maximum absolute atomic E-state index is 13.7. The van der Waals surface area contributed by atoms with Gasteiger partial charge in [0.2, 0.25) is 5.91 Å². The van der Waals surface area contributed by atoms with E-state index in [4.69, 9.17) is 9.47 Å². The van der Waals surface area contributed by atoms with Crippen LogP contribution in [0.1, 0.15) is 48.9 Å². The zero-order valence-corrected chi connectivity index (χ0v) is 20.1. The van der Waals surface area contributed by atoms with Crippen molar-refractivity contribution in [3.63, 3.8) is 0 Å². The third-order valence-electron chi connectivity index (χ3n) is 7.23. The molecule has 1 saturated carbocycles. The normalized spacial score (nSPS) is 25.5. The SMILES string of the molecule is COC(=O)c1cccc(S(=O)(=O)[C@H]2C[C@@H](C(=O)N3CCOCC3)CN(C3CCCCC3)C2)c1. The highest BCUT2D eigenvalue weighted by Gasteiger charge is 2.42. The van der Waals surface area contributed by atoms with E-state index in [2.05, 4.69) is 4.90 Å². The van der Waals surface area contributed by atoms with Gasteiger partial charge in [-0.15, -0.1) is 0 Å². The zero-order valence-electron chi connectivity index (χ0n) is 19.3. The van der Waals surface area contributed by atoms with E-state index in [9.17, 15) is 18.0 Å². The van der Waals surface area contributed by atoms with Crippen molar-refractivity contribution in [2.24, 2.45) is 5.92 Å². The number of hydrogen-bond acceptors (Lipinski definition) is 7. The number of likely N-dealkylation sites (tertiary alicyclic amines) is 1. The van der Waals surface area contributed by atoms with Crippen LogP contribution in [0.3, 0.4) is 0 Å². The molecule has 4 rings (SSSR count). The second kappa shape index (κ2) is 10.5. The van der Waals surface area contributed by atoms with E-state index in [1.807, 2.05) is 4.90 Å². The van der Waals surface area contributed by atoms with Gasteiger partial charge in [-0.25, -0.2) is 13.2 Å². The minimum atomic E-state index is -3.74. The quantitative estimate of drug-likeness (QED) is 0.599. The Morgan fingerprint density at radius 3 is 2.48 bits per heavy atom. The standard InChI is InChI=1S/C24H34N2O6S/c1-31-24(28)18-6-5-9-21(14-18)33(29,30)22-15-19(23(27)25-10-12-32-13-11-25)16-26(17-22)20-7-3-2-4-8-20/h5-6,9,14,19-20,22H,2-4,7-8,10-13,15-17H2,1H3/t19-,22+/m1/s1. The number of piperidine rings is 1. The molecule has 0 spiro atoms. The highest BCUT2D eigenvalue weighted by molar-refractivity contribution is 7.92. The van der Waals surface area contributed by atoms with Gasteiger partial charge in [0.1, 0.15) is 0 Å². The Kier molecular flexibility index (Phi) is 7.71. The van der Waals surface area contributed by atoms with Crippen LogP contribution in [-0.2, 0) is 24.1 Å². The molecule has 0 N–H and O–H groups in total. The molecule has 182 valence electrons. The first-order valence-electron chi connectivity index (χ1n) is 11.9. The molecule has 0 unspecified atom stereocenters. The highest BCUT2D eigenvalue weighted by atomic mass is 32.2. The average molecular weight is 479 g/mol. The van der Waals surface area contributed by atoms with Crippen molar-refractivity contribution in [3.05, 3.63) is 29.8 Å². The molecule has 2 saturated heterocycles. The number of carbonyl (C=O) groups excluding carboxylic acids is 2. The van der Waals surface area contributed by atoms with Gasteiger partial charge in [-0.05, 0) is 37.5 Å². The number of amides is 1. The number of morpholine rings is 1. The van der Waals surface area contributed by atoms with Crippen LogP contribution in [0, 0.1) is 5.92 Å². The summed E-state index contributed by atoms with van der Waals surface area (Å²) < 4.78 is 37.5. The Hall–Kier alpha value is -1.97. The second-order valence-electron chi connectivity index (χ2n) is 9.30. The van der Waals surface area contributed by atoms with Crippen LogP contribution in [0.15, 0.2) is 29.2 Å². The van der Waals surface area contributed by atoms with E-state index in [1.165, 1.54) is 25.7 Å². The molecule has 3 aliphatic rings. The maximum atomic E-state index is 13.7. The minimum Gasteiger partial charge on any atom is -0.465 e. The Labute approximate surface area is 196 Å². The van der Waals surface area contributed by atoms with Crippen molar-refractivity contribution in [3.8, 4) is 0 Å². The number of carbonyl (C=O) groups is 2. The van der Waals surface area contributed by atoms with Crippen molar-refractivity contribution in [1.29, 1.82) is 0 Å². The van der Waals surface area contributed by atoms with E-state index in [1.54, 1.807) is 12.1 Å². The monoisotopic (exact) mass is 478 g/mol. The van der Waals surface area contributed by atoms with Crippen molar-refractivity contribution in [2.75, 3.05) is 46.5 Å². The fourth-order valence-corrected chi connectivity index (χ4v) is 7.20. The van der Waals surface area contributed by atoms with E-state index in [-0.39, 0.29) is 22.3 Å². The van der Waals surface area contributed by atoms with Crippen LogP contribution < -0.4 is 0 Å². The molecule has 1 aliphatic carbocycles. The summed E-state index contributed by atoms with van der Waals surface area (Å²) >= 11 is 0. The van der Waals surface area contributed by atoms with Crippen LogP contribution >= 0.6 is 0 Å². The number of sulfone groups is 1. The van der Waals surface area contributed by atoms with Crippen molar-refractivity contribution >= 4 is 21.7 Å². The number of rotatable bonds is 5. The zero-order chi connectivity index (χ0) is 23.4. The maximum Gasteiger partial charge on any atom is 0.337 e. The van der Waals surface area contributed by atoms with Crippen molar-refractivity contribution in [2.45, 2.75) is 54.7 Å². The van der Waals surface area contributed by atoms with Crippen LogP contribution in [0.2, 0.25) is 0 Å². The van der Waals surface area contributed by atoms with Gasteiger partial charge in [-0.1, -0.05) is 25.3 Å². The molecule has 1 aromatic carbocycles. The molecule has 3 fully saturated rings. The van der Waals surface area contributed by atoms with Crippen molar-refractivity contribution in [1.82, 2.24) is 9.80 Å². The molecule has 8 nitrogen and oxygen atoms in total. The number of ether oxygens (including phenoxy) is 2. The van der Waals surface area contributed by atoms with Gasteiger partial charge in [0, 0.05) is 32.2 Å². The van der Waals surface area contributed by atoms with E-state index in [0.29, 0.717) is 51.9 Å². The van der Waals surface area contributed by atoms with Gasteiger partial charge in [-0.2, -0.15) is 0 Å². The molecule has 0 aromatic heterocycles. The van der Waals surface area contributed by atoms with E-state index >= 15 is 0 Å². The molecular formula is C24H34N2O6S. The van der Waals surface area contributed by atoms with Crippen molar-refractivity contribution < 1.29 is 27.5 Å². The second-order valence-corrected chi connectivity index (χ2v) is 11.5. The number of benzene rings is 1. The van der Waals surface area contributed by atoms with Gasteiger partial charge in [0.05, 0.1) is 42.0 Å². The summed E-state index contributed by atoms with van der Waals surface area (Å²) in [4.78, 5) is 29.5. The Bertz CT molecular complexity index is 953. The van der Waals surface area contributed by atoms with Gasteiger partial charge >= 0.3 is 5.97 Å². The lowest BCUT2D eigenvalue weighted by Crippen LogP contribution is -2.55. The summed E-state index contributed by atoms with van der Waals surface area (Å²) in [5.41, 5.74) is 0.208. The Morgan fingerprint density at radius 2 is 1.79 bits per heavy atom. The van der Waals surface area contributed by atoms with E-state index in [0.717, 1.165) is 25.7 Å². The molecular weight excluding hydrogens is 444 g/mol. The first-order chi connectivity index (χ1) is 15.9.